The Hall–Kier alpha value is -1.91. The molecule has 0 radical (unpaired) electrons. The van der Waals surface area contributed by atoms with E-state index in [1.54, 1.807) is 18.2 Å². The number of nitrogens with one attached hydrogen (secondary N) is 1. The van der Waals surface area contributed by atoms with Crippen LogP contribution in [0.2, 0.25) is 0 Å². The van der Waals surface area contributed by atoms with Crippen molar-refractivity contribution in [2.24, 2.45) is 5.73 Å². The summed E-state index contributed by atoms with van der Waals surface area (Å²) in [5.41, 5.74) is 7.24. The van der Waals surface area contributed by atoms with Gasteiger partial charge in [-0.2, -0.15) is 0 Å². The van der Waals surface area contributed by atoms with E-state index in [-0.39, 0.29) is 36.2 Å². The molecule has 2 aromatic carbocycles. The number of carbonyl (C=O) groups excluding carboxylic acids is 1. The van der Waals surface area contributed by atoms with Gasteiger partial charge in [0.1, 0.15) is 5.82 Å². The summed E-state index contributed by atoms with van der Waals surface area (Å²) in [6, 6.07) is 15.9. The van der Waals surface area contributed by atoms with Crippen LogP contribution in [-0.2, 0) is 11.2 Å². The molecule has 0 aromatic heterocycles. The Bertz CT molecular complexity index is 634. The van der Waals surface area contributed by atoms with Gasteiger partial charge >= 0.3 is 0 Å². The zero-order valence-electron chi connectivity index (χ0n) is 13.7. The highest BCUT2D eigenvalue weighted by molar-refractivity contribution is 5.85. The van der Waals surface area contributed by atoms with Gasteiger partial charge in [-0.25, -0.2) is 4.39 Å². The van der Waals surface area contributed by atoms with E-state index < -0.39 is 0 Å². The van der Waals surface area contributed by atoms with Crippen LogP contribution in [0, 0.1) is 5.82 Å². The highest BCUT2D eigenvalue weighted by atomic mass is 35.5. The first-order valence-corrected chi connectivity index (χ1v) is 7.89. The molecule has 0 aliphatic heterocycles. The molecule has 0 saturated carbocycles. The van der Waals surface area contributed by atoms with Crippen LogP contribution in [0.4, 0.5) is 4.39 Å². The van der Waals surface area contributed by atoms with E-state index in [2.05, 4.69) is 5.32 Å². The SMILES string of the molecule is CC(N)CCC(=O)NC(Cc1ccccc1)c1ccccc1F.Cl. The van der Waals surface area contributed by atoms with Gasteiger partial charge in [0.25, 0.3) is 0 Å². The Morgan fingerprint density at radius 1 is 1.12 bits per heavy atom. The van der Waals surface area contributed by atoms with Crippen molar-refractivity contribution in [1.29, 1.82) is 0 Å². The smallest absolute Gasteiger partial charge is 0.220 e. The second kappa shape index (κ2) is 10.1. The maximum absolute atomic E-state index is 14.1. The maximum atomic E-state index is 14.1. The minimum Gasteiger partial charge on any atom is -0.349 e. The van der Waals surface area contributed by atoms with Gasteiger partial charge in [0.15, 0.2) is 0 Å². The van der Waals surface area contributed by atoms with Gasteiger partial charge in [-0.15, -0.1) is 12.4 Å². The van der Waals surface area contributed by atoms with E-state index in [0.29, 0.717) is 24.8 Å². The zero-order chi connectivity index (χ0) is 16.7. The van der Waals surface area contributed by atoms with Crippen LogP contribution < -0.4 is 11.1 Å². The number of hydrogen-bond donors (Lipinski definition) is 2. The van der Waals surface area contributed by atoms with Gasteiger partial charge in [0, 0.05) is 18.0 Å². The fraction of sp³-hybridized carbons (Fsp3) is 0.316. The number of halogens is 2. The fourth-order valence-electron chi connectivity index (χ4n) is 2.47. The lowest BCUT2D eigenvalue weighted by Crippen LogP contribution is -2.31. The predicted octanol–water partition coefficient (Wildman–Crippen LogP) is 3.77. The van der Waals surface area contributed by atoms with Crippen molar-refractivity contribution < 1.29 is 9.18 Å². The molecule has 2 aromatic rings. The van der Waals surface area contributed by atoms with E-state index >= 15 is 0 Å². The average Bonchev–Trinajstić information content (AvgIpc) is 2.54. The van der Waals surface area contributed by atoms with Crippen LogP contribution in [0.5, 0.6) is 0 Å². The molecule has 2 atom stereocenters. The van der Waals surface area contributed by atoms with Crippen molar-refractivity contribution in [2.75, 3.05) is 0 Å². The number of carbonyl (C=O) groups is 1. The summed E-state index contributed by atoms with van der Waals surface area (Å²) in [5.74, 6) is -0.410. The van der Waals surface area contributed by atoms with Crippen molar-refractivity contribution in [3.05, 3.63) is 71.5 Å². The Morgan fingerprint density at radius 3 is 2.38 bits per heavy atom. The molecule has 130 valence electrons. The molecule has 5 heteroatoms. The third-order valence-corrected chi connectivity index (χ3v) is 3.73. The van der Waals surface area contributed by atoms with Crippen molar-refractivity contribution in [2.45, 2.75) is 38.3 Å². The molecule has 2 unspecified atom stereocenters. The Balaban J connectivity index is 0.00000288. The van der Waals surface area contributed by atoms with Gasteiger partial charge in [0.2, 0.25) is 5.91 Å². The Kier molecular flexibility index (Phi) is 8.44. The van der Waals surface area contributed by atoms with Crippen LogP contribution in [0.3, 0.4) is 0 Å². The first-order chi connectivity index (χ1) is 11.1. The highest BCUT2D eigenvalue weighted by Crippen LogP contribution is 2.21. The summed E-state index contributed by atoms with van der Waals surface area (Å²) >= 11 is 0. The molecule has 0 spiro atoms. The Morgan fingerprint density at radius 2 is 1.75 bits per heavy atom. The van der Waals surface area contributed by atoms with Crippen LogP contribution in [-0.4, -0.2) is 11.9 Å². The molecule has 24 heavy (non-hydrogen) atoms. The molecule has 0 aliphatic rings. The maximum Gasteiger partial charge on any atom is 0.220 e. The monoisotopic (exact) mass is 350 g/mol. The van der Waals surface area contributed by atoms with E-state index in [0.717, 1.165) is 5.56 Å². The minimum atomic E-state index is -0.390. The standard InChI is InChI=1S/C19H23FN2O.ClH/c1-14(21)11-12-19(23)22-18(13-15-7-3-2-4-8-15)16-9-5-6-10-17(16)20;/h2-10,14,18H,11-13,21H2,1H3,(H,22,23);1H. The lowest BCUT2D eigenvalue weighted by molar-refractivity contribution is -0.122. The van der Waals surface area contributed by atoms with Crippen LogP contribution in [0.25, 0.3) is 0 Å². The minimum absolute atomic E-state index is 0. The van der Waals surface area contributed by atoms with Crippen molar-refractivity contribution in [3.63, 3.8) is 0 Å². The lowest BCUT2D eigenvalue weighted by Gasteiger charge is -2.20. The fourth-order valence-corrected chi connectivity index (χ4v) is 2.47. The number of benzene rings is 2. The first-order valence-electron chi connectivity index (χ1n) is 7.89. The molecular weight excluding hydrogens is 327 g/mol. The molecule has 0 saturated heterocycles. The first kappa shape index (κ1) is 20.1. The lowest BCUT2D eigenvalue weighted by atomic mass is 9.98. The molecular formula is C19H24ClFN2O. The van der Waals surface area contributed by atoms with Gasteiger partial charge in [0.05, 0.1) is 6.04 Å². The average molecular weight is 351 g/mol. The quantitative estimate of drug-likeness (QED) is 0.798. The number of amides is 1. The third-order valence-electron chi connectivity index (χ3n) is 3.73. The normalized spacial score (nSPS) is 12.8. The molecule has 3 N–H and O–H groups in total. The molecule has 0 fully saturated rings. The van der Waals surface area contributed by atoms with Gasteiger partial charge in [-0.1, -0.05) is 48.5 Å². The zero-order valence-corrected chi connectivity index (χ0v) is 14.6. The summed E-state index contributed by atoms with van der Waals surface area (Å²) in [4.78, 5) is 12.1. The summed E-state index contributed by atoms with van der Waals surface area (Å²) < 4.78 is 14.1. The van der Waals surface area contributed by atoms with E-state index in [9.17, 15) is 9.18 Å². The number of nitrogens with two attached hydrogens (primary N) is 1. The molecule has 0 heterocycles. The van der Waals surface area contributed by atoms with E-state index in [1.807, 2.05) is 37.3 Å². The van der Waals surface area contributed by atoms with Gasteiger partial charge in [-0.3, -0.25) is 4.79 Å². The number of hydrogen-bond acceptors (Lipinski definition) is 2. The van der Waals surface area contributed by atoms with Crippen LogP contribution in [0.1, 0.15) is 36.9 Å². The molecule has 2 rings (SSSR count). The van der Waals surface area contributed by atoms with Gasteiger partial charge in [-0.05, 0) is 31.4 Å². The molecule has 1 amide bonds. The van der Waals surface area contributed by atoms with E-state index in [4.69, 9.17) is 5.73 Å². The second-order valence-electron chi connectivity index (χ2n) is 5.85. The number of rotatable bonds is 7. The van der Waals surface area contributed by atoms with Crippen LogP contribution in [0.15, 0.2) is 54.6 Å². The summed E-state index contributed by atoms with van der Waals surface area (Å²) in [5, 5.41) is 2.94. The largest absolute Gasteiger partial charge is 0.349 e. The molecule has 0 aliphatic carbocycles. The van der Waals surface area contributed by atoms with Crippen molar-refractivity contribution >= 4 is 18.3 Å². The van der Waals surface area contributed by atoms with Crippen molar-refractivity contribution in [3.8, 4) is 0 Å². The highest BCUT2D eigenvalue weighted by Gasteiger charge is 2.18. The van der Waals surface area contributed by atoms with Gasteiger partial charge < -0.3 is 11.1 Å². The predicted molar refractivity (Wildman–Crippen MR) is 97.6 cm³/mol. The molecule has 3 nitrogen and oxygen atoms in total. The molecule has 0 bridgehead atoms. The van der Waals surface area contributed by atoms with E-state index in [1.165, 1.54) is 6.07 Å². The second-order valence-corrected chi connectivity index (χ2v) is 5.85. The Labute approximate surface area is 148 Å². The topological polar surface area (TPSA) is 55.1 Å². The third kappa shape index (κ3) is 6.30. The summed E-state index contributed by atoms with van der Waals surface area (Å²) in [6.45, 7) is 1.87. The summed E-state index contributed by atoms with van der Waals surface area (Å²) in [7, 11) is 0. The van der Waals surface area contributed by atoms with Crippen LogP contribution >= 0.6 is 12.4 Å². The van der Waals surface area contributed by atoms with Crippen molar-refractivity contribution in [1.82, 2.24) is 5.32 Å². The summed E-state index contributed by atoms with van der Waals surface area (Å²) in [6.07, 6.45) is 1.50.